The van der Waals surface area contributed by atoms with Gasteiger partial charge in [0.25, 0.3) is 0 Å². The maximum absolute atomic E-state index is 10.8. The Hall–Kier alpha value is -1.20. The van der Waals surface area contributed by atoms with Gasteiger partial charge in [-0.2, -0.15) is 0 Å². The number of carbonyl (C=O) groups is 1. The number of pyridine rings is 1. The van der Waals surface area contributed by atoms with Gasteiger partial charge in [-0.15, -0.1) is 0 Å². The molecule has 3 N–H and O–H groups in total. The third-order valence-corrected chi connectivity index (χ3v) is 2.18. The van der Waals surface area contributed by atoms with Crippen LogP contribution in [-0.4, -0.2) is 24.6 Å². The Morgan fingerprint density at radius 2 is 2.27 bits per heavy atom. The van der Waals surface area contributed by atoms with Crippen LogP contribution >= 0.6 is 23.2 Å². The van der Waals surface area contributed by atoms with Crippen LogP contribution in [0.2, 0.25) is 10.0 Å². The first kappa shape index (κ1) is 11.9. The zero-order valence-corrected chi connectivity index (χ0v) is 9.39. The van der Waals surface area contributed by atoms with E-state index in [1.54, 1.807) is 0 Å². The van der Waals surface area contributed by atoms with E-state index in [1.807, 2.05) is 0 Å². The lowest BCUT2D eigenvalue weighted by molar-refractivity contribution is -0.138. The van der Waals surface area contributed by atoms with Gasteiger partial charge < -0.3 is 15.8 Å². The summed E-state index contributed by atoms with van der Waals surface area (Å²) in [5.41, 5.74) is 5.47. The number of rotatable bonds is 3. The largest absolute Gasteiger partial charge is 0.468 e. The molecule has 0 radical (unpaired) electrons. The highest BCUT2D eigenvalue weighted by molar-refractivity contribution is 6.37. The van der Waals surface area contributed by atoms with Gasteiger partial charge in [0.05, 0.1) is 17.2 Å². The van der Waals surface area contributed by atoms with Gasteiger partial charge in [-0.1, -0.05) is 23.2 Å². The summed E-state index contributed by atoms with van der Waals surface area (Å²) in [4.78, 5) is 14.7. The fourth-order valence-electron chi connectivity index (χ4n) is 0.833. The molecule has 0 aliphatic carbocycles. The van der Waals surface area contributed by atoms with Gasteiger partial charge in [0, 0.05) is 0 Å². The topological polar surface area (TPSA) is 77.2 Å². The smallest absolute Gasteiger partial charge is 0.325 e. The Bertz CT molecular complexity index is 384. The molecule has 5 nitrogen and oxygen atoms in total. The summed E-state index contributed by atoms with van der Waals surface area (Å²) < 4.78 is 4.44. The molecular formula is C8H9Cl2N3O2. The summed E-state index contributed by atoms with van der Waals surface area (Å²) in [6, 6.07) is 1.45. The Balaban J connectivity index is 2.77. The molecule has 0 aliphatic rings. The van der Waals surface area contributed by atoms with Crippen LogP contribution < -0.4 is 11.1 Å². The third kappa shape index (κ3) is 3.14. The molecule has 0 bridgehead atoms. The first-order chi connectivity index (χ1) is 7.04. The fraction of sp³-hybridized carbons (Fsp3) is 0.250. The molecule has 1 heterocycles. The van der Waals surface area contributed by atoms with Crippen LogP contribution in [0.3, 0.4) is 0 Å². The molecule has 0 saturated heterocycles. The minimum absolute atomic E-state index is 0.0374. The van der Waals surface area contributed by atoms with Crippen LogP contribution in [0.4, 0.5) is 11.6 Å². The molecule has 1 rings (SSSR count). The third-order valence-electron chi connectivity index (χ3n) is 1.58. The van der Waals surface area contributed by atoms with Crippen LogP contribution in [0.25, 0.3) is 0 Å². The summed E-state index contributed by atoms with van der Waals surface area (Å²) >= 11 is 11.5. The van der Waals surface area contributed by atoms with Crippen molar-refractivity contribution in [3.8, 4) is 0 Å². The number of anilines is 2. The van der Waals surface area contributed by atoms with Crippen molar-refractivity contribution in [2.24, 2.45) is 0 Å². The lowest BCUT2D eigenvalue weighted by Gasteiger charge is -2.07. The average Bonchev–Trinajstić information content (AvgIpc) is 2.21. The molecule has 0 saturated carbocycles. The molecular weight excluding hydrogens is 241 g/mol. The summed E-state index contributed by atoms with van der Waals surface area (Å²) in [5.74, 6) is 0.0128. The molecule has 7 heteroatoms. The summed E-state index contributed by atoms with van der Waals surface area (Å²) in [6.45, 7) is -0.0374. The molecule has 0 atom stereocenters. The zero-order chi connectivity index (χ0) is 11.4. The second-order valence-electron chi connectivity index (χ2n) is 2.62. The number of esters is 1. The van der Waals surface area contributed by atoms with Gasteiger partial charge in [-0.25, -0.2) is 4.98 Å². The lowest BCUT2D eigenvalue weighted by Crippen LogP contribution is -2.16. The maximum Gasteiger partial charge on any atom is 0.325 e. The van der Waals surface area contributed by atoms with E-state index in [1.165, 1.54) is 13.2 Å². The minimum Gasteiger partial charge on any atom is -0.468 e. The molecule has 0 spiro atoms. The molecule has 1 aromatic heterocycles. The van der Waals surface area contributed by atoms with Gasteiger partial charge in [0.15, 0.2) is 0 Å². The van der Waals surface area contributed by atoms with Crippen LogP contribution in [0.5, 0.6) is 0 Å². The normalized spacial score (nSPS) is 9.80. The molecule has 1 aromatic rings. The van der Waals surface area contributed by atoms with E-state index in [0.717, 1.165) is 0 Å². The number of halogens is 2. The van der Waals surface area contributed by atoms with E-state index < -0.39 is 5.97 Å². The van der Waals surface area contributed by atoms with E-state index >= 15 is 0 Å². The monoisotopic (exact) mass is 249 g/mol. The molecule has 0 unspecified atom stereocenters. The van der Waals surface area contributed by atoms with Crippen molar-refractivity contribution in [1.82, 2.24) is 4.98 Å². The predicted octanol–water partition coefficient (Wildman–Crippen LogP) is 1.56. The molecule has 82 valence electrons. The minimum atomic E-state index is -0.429. The number of nitrogen functional groups attached to an aromatic ring is 1. The Morgan fingerprint density at radius 3 is 2.87 bits per heavy atom. The average molecular weight is 250 g/mol. The lowest BCUT2D eigenvalue weighted by atomic mass is 10.4. The van der Waals surface area contributed by atoms with Crippen molar-refractivity contribution in [2.75, 3.05) is 24.7 Å². The maximum atomic E-state index is 10.8. The number of nitrogens with two attached hydrogens (primary N) is 1. The second-order valence-corrected chi connectivity index (χ2v) is 3.43. The highest BCUT2D eigenvalue weighted by atomic mass is 35.5. The van der Waals surface area contributed by atoms with Crippen LogP contribution in [0.15, 0.2) is 6.07 Å². The summed E-state index contributed by atoms with van der Waals surface area (Å²) in [6.07, 6.45) is 0. The number of methoxy groups -OCH3 is 1. The van der Waals surface area contributed by atoms with E-state index in [2.05, 4.69) is 15.0 Å². The van der Waals surface area contributed by atoms with Gasteiger partial charge in [0.1, 0.15) is 18.2 Å². The first-order valence-electron chi connectivity index (χ1n) is 3.96. The fourth-order valence-corrected chi connectivity index (χ4v) is 1.26. The van der Waals surface area contributed by atoms with Crippen LogP contribution in [0.1, 0.15) is 0 Å². The molecule has 0 amide bonds. The standard InChI is InChI=1S/C8H9Cl2N3O2/c1-15-6(14)3-12-8-5(10)2-4(9)7(11)13-8/h2H,3H2,1H3,(H3,11,12,13). The van der Waals surface area contributed by atoms with Gasteiger partial charge in [0.2, 0.25) is 0 Å². The number of aromatic nitrogens is 1. The SMILES string of the molecule is COC(=O)CNc1nc(N)c(Cl)cc1Cl. The highest BCUT2D eigenvalue weighted by Gasteiger charge is 2.08. The van der Waals surface area contributed by atoms with Crippen molar-refractivity contribution in [2.45, 2.75) is 0 Å². The molecule has 15 heavy (non-hydrogen) atoms. The number of nitrogens with zero attached hydrogens (tertiary/aromatic N) is 1. The van der Waals surface area contributed by atoms with Gasteiger partial charge in [-0.05, 0) is 6.07 Å². The number of nitrogens with one attached hydrogen (secondary N) is 1. The number of hydrogen-bond donors (Lipinski definition) is 2. The predicted molar refractivity (Wildman–Crippen MR) is 59.2 cm³/mol. The molecule has 0 fully saturated rings. The number of carbonyl (C=O) groups excluding carboxylic acids is 1. The quantitative estimate of drug-likeness (QED) is 0.796. The van der Waals surface area contributed by atoms with Crippen molar-refractivity contribution in [3.05, 3.63) is 16.1 Å². The Morgan fingerprint density at radius 1 is 1.60 bits per heavy atom. The Labute approximate surface area is 96.5 Å². The van der Waals surface area contributed by atoms with E-state index in [4.69, 9.17) is 28.9 Å². The van der Waals surface area contributed by atoms with Gasteiger partial charge in [-0.3, -0.25) is 4.79 Å². The van der Waals surface area contributed by atoms with Crippen molar-refractivity contribution in [1.29, 1.82) is 0 Å². The summed E-state index contributed by atoms with van der Waals surface area (Å²) in [5, 5.41) is 3.23. The van der Waals surface area contributed by atoms with Crippen LogP contribution in [0, 0.1) is 0 Å². The van der Waals surface area contributed by atoms with Gasteiger partial charge >= 0.3 is 5.97 Å². The molecule has 0 aliphatic heterocycles. The highest BCUT2D eigenvalue weighted by Crippen LogP contribution is 2.26. The molecule has 0 aromatic carbocycles. The van der Waals surface area contributed by atoms with Crippen molar-refractivity contribution < 1.29 is 9.53 Å². The van der Waals surface area contributed by atoms with Crippen molar-refractivity contribution >= 4 is 40.8 Å². The van der Waals surface area contributed by atoms with Crippen molar-refractivity contribution in [3.63, 3.8) is 0 Å². The Kier molecular flexibility index (Phi) is 3.99. The number of hydrogen-bond acceptors (Lipinski definition) is 5. The van der Waals surface area contributed by atoms with E-state index in [-0.39, 0.29) is 22.4 Å². The second kappa shape index (κ2) is 5.04. The first-order valence-corrected chi connectivity index (χ1v) is 4.72. The zero-order valence-electron chi connectivity index (χ0n) is 7.88. The van der Waals surface area contributed by atoms with E-state index in [9.17, 15) is 4.79 Å². The van der Waals surface area contributed by atoms with E-state index in [0.29, 0.717) is 5.82 Å². The number of ether oxygens (including phenoxy) is 1. The summed E-state index contributed by atoms with van der Waals surface area (Å²) in [7, 11) is 1.29. The van der Waals surface area contributed by atoms with Crippen LogP contribution in [-0.2, 0) is 9.53 Å².